The number of thiol groups is 1. The molecule has 128 valence electrons. The van der Waals surface area contributed by atoms with Crippen LogP contribution in [0.4, 0.5) is 5.69 Å². The zero-order chi connectivity index (χ0) is 17.5. The van der Waals surface area contributed by atoms with Crippen molar-refractivity contribution < 1.29 is 9.59 Å². The van der Waals surface area contributed by atoms with Crippen LogP contribution < -0.4 is 10.6 Å². The highest BCUT2D eigenvalue weighted by Crippen LogP contribution is 2.42. The third kappa shape index (κ3) is 4.75. The minimum absolute atomic E-state index is 0.0461. The molecule has 3 atom stereocenters. The summed E-state index contributed by atoms with van der Waals surface area (Å²) >= 11 is 4.78. The Hall–Kier alpha value is -2.00. The van der Waals surface area contributed by atoms with Gasteiger partial charge in [-0.2, -0.15) is 17.9 Å². The van der Waals surface area contributed by atoms with Crippen molar-refractivity contribution in [2.24, 2.45) is 11.8 Å². The van der Waals surface area contributed by atoms with Crippen molar-refractivity contribution in [2.75, 3.05) is 11.9 Å². The summed E-state index contributed by atoms with van der Waals surface area (Å²) in [5, 5.41) is 14.0. The van der Waals surface area contributed by atoms with Gasteiger partial charge >= 0.3 is 0 Å². The molecule has 0 spiro atoms. The summed E-state index contributed by atoms with van der Waals surface area (Å²) in [4.78, 5) is 23.4. The van der Waals surface area contributed by atoms with Crippen molar-refractivity contribution in [1.82, 2.24) is 5.32 Å². The van der Waals surface area contributed by atoms with Gasteiger partial charge in [0.1, 0.15) is 6.54 Å². The Bertz CT molecular complexity index is 624. The van der Waals surface area contributed by atoms with Crippen LogP contribution in [0.15, 0.2) is 24.3 Å². The molecule has 1 aliphatic rings. The van der Waals surface area contributed by atoms with Crippen molar-refractivity contribution in [3.8, 4) is 6.07 Å². The van der Waals surface area contributed by atoms with E-state index >= 15 is 0 Å². The second-order valence-corrected chi connectivity index (χ2v) is 6.74. The van der Waals surface area contributed by atoms with Crippen molar-refractivity contribution in [3.63, 3.8) is 0 Å². The van der Waals surface area contributed by atoms with Gasteiger partial charge in [0.05, 0.1) is 6.07 Å². The molecule has 2 N–H and O–H groups in total. The van der Waals surface area contributed by atoms with E-state index in [-0.39, 0.29) is 35.4 Å². The summed E-state index contributed by atoms with van der Waals surface area (Å²) in [5.74, 6) is -0.112. The lowest BCUT2D eigenvalue weighted by Crippen LogP contribution is -2.38. The topological polar surface area (TPSA) is 82.0 Å². The third-order valence-corrected chi connectivity index (χ3v) is 5.16. The Morgan fingerprint density at radius 1 is 1.29 bits per heavy atom. The van der Waals surface area contributed by atoms with E-state index in [1.54, 1.807) is 0 Å². The van der Waals surface area contributed by atoms with Crippen LogP contribution in [0.1, 0.15) is 43.4 Å². The maximum Gasteiger partial charge on any atom is 0.224 e. The van der Waals surface area contributed by atoms with E-state index in [2.05, 4.69) is 10.6 Å². The SMILES string of the molecule is CC(=O)Nc1ccc(C(S)[C@H]2CCCC[C@@H]2C(=O)NCC#N)cc1. The fourth-order valence-corrected chi connectivity index (χ4v) is 3.86. The predicted octanol–water partition coefficient (Wildman–Crippen LogP) is 3.06. The first-order valence-electron chi connectivity index (χ1n) is 8.23. The number of nitrogens with zero attached hydrogens (tertiary/aromatic N) is 1. The van der Waals surface area contributed by atoms with Crippen LogP contribution in [0.25, 0.3) is 0 Å². The Balaban J connectivity index is 2.10. The molecule has 1 unspecified atom stereocenters. The highest BCUT2D eigenvalue weighted by atomic mass is 32.1. The maximum atomic E-state index is 12.3. The summed E-state index contributed by atoms with van der Waals surface area (Å²) in [5.41, 5.74) is 1.79. The van der Waals surface area contributed by atoms with Crippen molar-refractivity contribution in [3.05, 3.63) is 29.8 Å². The number of nitriles is 1. The summed E-state index contributed by atoms with van der Waals surface area (Å²) < 4.78 is 0. The van der Waals surface area contributed by atoms with E-state index in [0.29, 0.717) is 0 Å². The number of anilines is 1. The first kappa shape index (κ1) is 18.3. The second kappa shape index (κ2) is 8.74. The number of amides is 2. The molecule has 0 aliphatic heterocycles. The molecule has 2 amide bonds. The van der Waals surface area contributed by atoms with Crippen LogP contribution in [0.2, 0.25) is 0 Å². The molecule has 5 nitrogen and oxygen atoms in total. The van der Waals surface area contributed by atoms with E-state index in [1.807, 2.05) is 30.3 Å². The van der Waals surface area contributed by atoms with Gasteiger partial charge < -0.3 is 10.6 Å². The minimum Gasteiger partial charge on any atom is -0.343 e. The molecule has 0 saturated heterocycles. The lowest BCUT2D eigenvalue weighted by molar-refractivity contribution is -0.127. The maximum absolute atomic E-state index is 12.3. The standard InChI is InChI=1S/C18H23N3O2S/c1-12(22)21-14-8-6-13(7-9-14)17(24)15-4-2-3-5-16(15)18(23)20-11-10-19/h6-9,15-17,24H,2-5,11H2,1H3,(H,20,23)(H,21,22)/t15-,16-,17?/m0/s1. The van der Waals surface area contributed by atoms with Crippen molar-refractivity contribution >= 4 is 30.1 Å². The average Bonchev–Trinajstić information content (AvgIpc) is 2.59. The van der Waals surface area contributed by atoms with Gasteiger partial charge in [0.2, 0.25) is 11.8 Å². The van der Waals surface area contributed by atoms with Gasteiger partial charge in [0, 0.05) is 23.8 Å². The van der Waals surface area contributed by atoms with E-state index < -0.39 is 0 Å². The highest BCUT2D eigenvalue weighted by Gasteiger charge is 2.35. The molecular formula is C18H23N3O2S. The molecule has 2 rings (SSSR count). The largest absolute Gasteiger partial charge is 0.343 e. The number of rotatable bonds is 5. The molecule has 0 heterocycles. The van der Waals surface area contributed by atoms with Gasteiger partial charge in [-0.05, 0) is 36.5 Å². The quantitative estimate of drug-likeness (QED) is 0.566. The molecule has 0 bridgehead atoms. The van der Waals surface area contributed by atoms with Crippen LogP contribution in [-0.2, 0) is 9.59 Å². The number of hydrogen-bond donors (Lipinski definition) is 3. The number of benzene rings is 1. The van der Waals surface area contributed by atoms with E-state index in [0.717, 1.165) is 36.9 Å². The number of carbonyl (C=O) groups is 2. The fraction of sp³-hybridized carbons (Fsp3) is 0.500. The zero-order valence-electron chi connectivity index (χ0n) is 13.8. The summed E-state index contributed by atoms with van der Waals surface area (Å²) in [6, 6.07) is 9.55. The van der Waals surface area contributed by atoms with Crippen LogP contribution >= 0.6 is 12.6 Å². The first-order valence-corrected chi connectivity index (χ1v) is 8.75. The number of hydrogen-bond acceptors (Lipinski definition) is 4. The van der Waals surface area contributed by atoms with Gasteiger partial charge in [-0.1, -0.05) is 25.0 Å². The van der Waals surface area contributed by atoms with Gasteiger partial charge in [-0.3, -0.25) is 9.59 Å². The van der Waals surface area contributed by atoms with Crippen LogP contribution in [0, 0.1) is 23.2 Å². The van der Waals surface area contributed by atoms with Crippen molar-refractivity contribution in [2.45, 2.75) is 37.9 Å². The molecule has 0 aromatic heterocycles. The first-order chi connectivity index (χ1) is 11.5. The summed E-state index contributed by atoms with van der Waals surface area (Å²) in [6.07, 6.45) is 3.91. The van der Waals surface area contributed by atoms with E-state index in [1.165, 1.54) is 6.92 Å². The lowest BCUT2D eigenvalue weighted by Gasteiger charge is -2.34. The Morgan fingerprint density at radius 2 is 1.96 bits per heavy atom. The highest BCUT2D eigenvalue weighted by molar-refractivity contribution is 7.80. The Kier molecular flexibility index (Phi) is 6.68. The smallest absolute Gasteiger partial charge is 0.224 e. The predicted molar refractivity (Wildman–Crippen MR) is 96.5 cm³/mol. The van der Waals surface area contributed by atoms with Crippen molar-refractivity contribution in [1.29, 1.82) is 5.26 Å². The zero-order valence-corrected chi connectivity index (χ0v) is 14.7. The third-order valence-electron chi connectivity index (χ3n) is 4.48. The molecule has 1 fully saturated rings. The molecule has 1 saturated carbocycles. The van der Waals surface area contributed by atoms with Gasteiger partial charge in [0.25, 0.3) is 0 Å². The Labute approximate surface area is 148 Å². The number of carbonyl (C=O) groups excluding carboxylic acids is 2. The monoisotopic (exact) mass is 345 g/mol. The van der Waals surface area contributed by atoms with E-state index in [4.69, 9.17) is 17.9 Å². The molecule has 0 radical (unpaired) electrons. The molecule has 1 aromatic rings. The second-order valence-electron chi connectivity index (χ2n) is 6.18. The van der Waals surface area contributed by atoms with Gasteiger partial charge in [-0.15, -0.1) is 0 Å². The normalized spacial score (nSPS) is 21.4. The lowest BCUT2D eigenvalue weighted by atomic mass is 9.75. The van der Waals surface area contributed by atoms with Crippen LogP contribution in [0.3, 0.4) is 0 Å². The van der Waals surface area contributed by atoms with Gasteiger partial charge in [0.15, 0.2) is 0 Å². The van der Waals surface area contributed by atoms with Crippen LogP contribution in [0.5, 0.6) is 0 Å². The molecule has 1 aliphatic carbocycles. The molecule has 1 aromatic carbocycles. The molecule has 6 heteroatoms. The Morgan fingerprint density at radius 3 is 2.58 bits per heavy atom. The summed E-state index contributed by atoms with van der Waals surface area (Å²) in [7, 11) is 0. The number of nitrogens with one attached hydrogen (secondary N) is 2. The minimum atomic E-state index is -0.107. The van der Waals surface area contributed by atoms with Gasteiger partial charge in [-0.25, -0.2) is 0 Å². The van der Waals surface area contributed by atoms with E-state index in [9.17, 15) is 9.59 Å². The fourth-order valence-electron chi connectivity index (χ4n) is 3.33. The molecular weight excluding hydrogens is 322 g/mol. The summed E-state index contributed by atoms with van der Waals surface area (Å²) in [6.45, 7) is 1.52. The average molecular weight is 345 g/mol. The molecule has 24 heavy (non-hydrogen) atoms. The van der Waals surface area contributed by atoms with Crippen LogP contribution in [-0.4, -0.2) is 18.4 Å².